The normalized spacial score (nSPS) is 9.73. The molecule has 0 heterocycles. The molecule has 15 heavy (non-hydrogen) atoms. The zero-order valence-corrected chi connectivity index (χ0v) is 9.34. The lowest BCUT2D eigenvalue weighted by Gasteiger charge is -2.11. The molecule has 0 aliphatic heterocycles. The van der Waals surface area contributed by atoms with Gasteiger partial charge >= 0.3 is 0 Å². The summed E-state index contributed by atoms with van der Waals surface area (Å²) in [5.41, 5.74) is 3.34. The first kappa shape index (κ1) is 11.5. The van der Waals surface area contributed by atoms with Gasteiger partial charge in [0.25, 0.3) is 0 Å². The van der Waals surface area contributed by atoms with Crippen LogP contribution >= 0.6 is 0 Å². The third-order valence-corrected chi connectivity index (χ3v) is 2.35. The SMILES string of the molecule is C=CC(=O)Nc1cccc(C)c1CCC. The number of carbonyl (C=O) groups excluding carboxylic acids is 1. The molecule has 1 amide bonds. The van der Waals surface area contributed by atoms with Crippen LogP contribution in [-0.4, -0.2) is 5.91 Å². The summed E-state index contributed by atoms with van der Waals surface area (Å²) < 4.78 is 0. The maximum atomic E-state index is 11.2. The highest BCUT2D eigenvalue weighted by molar-refractivity contribution is 5.99. The number of anilines is 1. The molecule has 0 aliphatic carbocycles. The van der Waals surface area contributed by atoms with Crippen molar-refractivity contribution >= 4 is 11.6 Å². The Balaban J connectivity index is 2.99. The lowest BCUT2D eigenvalue weighted by atomic mass is 10.0. The highest BCUT2D eigenvalue weighted by atomic mass is 16.1. The second-order valence-corrected chi connectivity index (χ2v) is 3.54. The first-order valence-corrected chi connectivity index (χ1v) is 5.21. The van der Waals surface area contributed by atoms with Crippen molar-refractivity contribution in [2.24, 2.45) is 0 Å². The minimum atomic E-state index is -0.155. The Kier molecular flexibility index (Phi) is 4.10. The maximum absolute atomic E-state index is 11.2. The van der Waals surface area contributed by atoms with Crippen molar-refractivity contribution in [1.29, 1.82) is 0 Å². The Morgan fingerprint density at radius 3 is 2.87 bits per heavy atom. The number of hydrogen-bond acceptors (Lipinski definition) is 1. The molecule has 0 bridgehead atoms. The summed E-state index contributed by atoms with van der Waals surface area (Å²) in [6, 6.07) is 5.95. The zero-order valence-electron chi connectivity index (χ0n) is 9.34. The average molecular weight is 203 g/mol. The fourth-order valence-corrected chi connectivity index (χ4v) is 1.58. The van der Waals surface area contributed by atoms with Crippen molar-refractivity contribution in [2.45, 2.75) is 26.7 Å². The van der Waals surface area contributed by atoms with Crippen LogP contribution in [0.25, 0.3) is 0 Å². The number of carbonyl (C=O) groups is 1. The first-order valence-electron chi connectivity index (χ1n) is 5.21. The Hall–Kier alpha value is -1.57. The van der Waals surface area contributed by atoms with Gasteiger partial charge in [0.05, 0.1) is 0 Å². The van der Waals surface area contributed by atoms with E-state index in [1.54, 1.807) is 0 Å². The van der Waals surface area contributed by atoms with Crippen molar-refractivity contribution in [2.75, 3.05) is 5.32 Å². The average Bonchev–Trinajstić information content (AvgIpc) is 2.23. The topological polar surface area (TPSA) is 29.1 Å². The quantitative estimate of drug-likeness (QED) is 0.749. The van der Waals surface area contributed by atoms with E-state index in [-0.39, 0.29) is 5.91 Å². The number of hydrogen-bond donors (Lipinski definition) is 1. The highest BCUT2D eigenvalue weighted by Crippen LogP contribution is 2.21. The molecule has 0 fully saturated rings. The van der Waals surface area contributed by atoms with E-state index in [1.807, 2.05) is 12.1 Å². The summed E-state index contributed by atoms with van der Waals surface area (Å²) in [5.74, 6) is -0.155. The number of rotatable bonds is 4. The molecular formula is C13H17NO. The summed E-state index contributed by atoms with van der Waals surface area (Å²) in [7, 11) is 0. The van der Waals surface area contributed by atoms with Crippen LogP contribution in [0.3, 0.4) is 0 Å². The molecule has 0 saturated carbocycles. The second-order valence-electron chi connectivity index (χ2n) is 3.54. The van der Waals surface area contributed by atoms with Gasteiger partial charge in [0.2, 0.25) is 5.91 Å². The van der Waals surface area contributed by atoms with E-state index in [0.717, 1.165) is 18.5 Å². The predicted molar refractivity (Wildman–Crippen MR) is 64.0 cm³/mol. The molecule has 0 aliphatic rings. The lowest BCUT2D eigenvalue weighted by Crippen LogP contribution is -2.10. The van der Waals surface area contributed by atoms with Crippen LogP contribution in [0.15, 0.2) is 30.9 Å². The van der Waals surface area contributed by atoms with E-state index in [2.05, 4.69) is 31.8 Å². The van der Waals surface area contributed by atoms with Crippen molar-refractivity contribution in [3.05, 3.63) is 42.0 Å². The fraction of sp³-hybridized carbons (Fsp3) is 0.308. The van der Waals surface area contributed by atoms with E-state index in [9.17, 15) is 4.79 Å². The van der Waals surface area contributed by atoms with Gasteiger partial charge in [-0.25, -0.2) is 0 Å². The molecule has 0 unspecified atom stereocenters. The summed E-state index contributed by atoms with van der Waals surface area (Å²) >= 11 is 0. The van der Waals surface area contributed by atoms with Crippen LogP contribution in [0.2, 0.25) is 0 Å². The molecule has 1 rings (SSSR count). The number of aryl methyl sites for hydroxylation is 1. The van der Waals surface area contributed by atoms with E-state index in [1.165, 1.54) is 17.2 Å². The molecule has 0 atom stereocenters. The summed E-state index contributed by atoms with van der Waals surface area (Å²) in [4.78, 5) is 11.2. The van der Waals surface area contributed by atoms with E-state index in [4.69, 9.17) is 0 Å². The molecule has 2 heteroatoms. The van der Waals surface area contributed by atoms with Gasteiger partial charge in [-0.05, 0) is 36.6 Å². The van der Waals surface area contributed by atoms with Crippen LogP contribution < -0.4 is 5.32 Å². The van der Waals surface area contributed by atoms with E-state index >= 15 is 0 Å². The standard InChI is InChI=1S/C13H17NO/c1-4-7-11-10(3)8-6-9-12(11)14-13(15)5-2/h5-6,8-9H,2,4,7H2,1,3H3,(H,14,15). The monoisotopic (exact) mass is 203 g/mol. The molecule has 1 N–H and O–H groups in total. The fourth-order valence-electron chi connectivity index (χ4n) is 1.58. The number of nitrogens with one attached hydrogen (secondary N) is 1. The van der Waals surface area contributed by atoms with Crippen LogP contribution in [-0.2, 0) is 11.2 Å². The van der Waals surface area contributed by atoms with Crippen molar-refractivity contribution in [3.8, 4) is 0 Å². The van der Waals surface area contributed by atoms with Crippen molar-refractivity contribution in [1.82, 2.24) is 0 Å². The lowest BCUT2D eigenvalue weighted by molar-refractivity contribution is -0.111. The molecule has 0 aromatic heterocycles. The van der Waals surface area contributed by atoms with Gasteiger partial charge in [-0.1, -0.05) is 32.1 Å². The molecular weight excluding hydrogens is 186 g/mol. The van der Waals surface area contributed by atoms with Crippen LogP contribution in [0.4, 0.5) is 5.69 Å². The van der Waals surface area contributed by atoms with E-state index in [0.29, 0.717) is 0 Å². The Labute approximate surface area is 91.0 Å². The second kappa shape index (κ2) is 5.35. The number of amides is 1. The third kappa shape index (κ3) is 2.94. The Bertz CT molecular complexity index is 369. The van der Waals surface area contributed by atoms with Gasteiger partial charge in [-0.2, -0.15) is 0 Å². The van der Waals surface area contributed by atoms with Crippen LogP contribution in [0.1, 0.15) is 24.5 Å². The third-order valence-electron chi connectivity index (χ3n) is 2.35. The summed E-state index contributed by atoms with van der Waals surface area (Å²) in [5, 5.41) is 2.83. The largest absolute Gasteiger partial charge is 0.322 e. The summed E-state index contributed by atoms with van der Waals surface area (Å²) in [6.45, 7) is 7.64. The van der Waals surface area contributed by atoms with Gasteiger partial charge < -0.3 is 5.32 Å². The van der Waals surface area contributed by atoms with Gasteiger partial charge in [0.15, 0.2) is 0 Å². The van der Waals surface area contributed by atoms with E-state index < -0.39 is 0 Å². The molecule has 0 spiro atoms. The van der Waals surface area contributed by atoms with Gasteiger partial charge in [-0.3, -0.25) is 4.79 Å². The van der Waals surface area contributed by atoms with Crippen LogP contribution in [0.5, 0.6) is 0 Å². The molecule has 0 radical (unpaired) electrons. The van der Waals surface area contributed by atoms with Crippen LogP contribution in [0, 0.1) is 6.92 Å². The minimum Gasteiger partial charge on any atom is -0.322 e. The molecule has 2 nitrogen and oxygen atoms in total. The van der Waals surface area contributed by atoms with Gasteiger partial charge in [0, 0.05) is 5.69 Å². The first-order chi connectivity index (χ1) is 7.19. The molecule has 1 aromatic rings. The summed E-state index contributed by atoms with van der Waals surface area (Å²) in [6.07, 6.45) is 3.35. The Morgan fingerprint density at radius 1 is 1.53 bits per heavy atom. The Morgan fingerprint density at radius 2 is 2.27 bits per heavy atom. The van der Waals surface area contributed by atoms with Gasteiger partial charge in [-0.15, -0.1) is 0 Å². The molecule has 80 valence electrons. The highest BCUT2D eigenvalue weighted by Gasteiger charge is 2.05. The zero-order chi connectivity index (χ0) is 11.3. The predicted octanol–water partition coefficient (Wildman–Crippen LogP) is 3.07. The molecule has 0 saturated heterocycles. The smallest absolute Gasteiger partial charge is 0.247 e. The number of benzene rings is 1. The van der Waals surface area contributed by atoms with Gasteiger partial charge in [0.1, 0.15) is 0 Å². The maximum Gasteiger partial charge on any atom is 0.247 e. The minimum absolute atomic E-state index is 0.155. The molecule has 1 aromatic carbocycles. The van der Waals surface area contributed by atoms with Crippen molar-refractivity contribution < 1.29 is 4.79 Å². The van der Waals surface area contributed by atoms with Crippen molar-refractivity contribution in [3.63, 3.8) is 0 Å².